The zero-order chi connectivity index (χ0) is 13.9. The molecule has 1 aliphatic carbocycles. The predicted molar refractivity (Wildman–Crippen MR) is 70.2 cm³/mol. The Balaban J connectivity index is 2.47. The van der Waals surface area contributed by atoms with Crippen LogP contribution in [0.1, 0.15) is 52.9 Å². The Morgan fingerprint density at radius 1 is 1.17 bits per heavy atom. The Morgan fingerprint density at radius 3 is 2.06 bits per heavy atom. The molecule has 0 aromatic rings. The smallest absolute Gasteiger partial charge is 0.306 e. The topological polar surface area (TPSA) is 57.6 Å². The number of carbonyl (C=O) groups excluding carboxylic acids is 1. The fourth-order valence-electron chi connectivity index (χ4n) is 2.49. The molecule has 0 spiro atoms. The number of hydrogen-bond donors (Lipinski definition) is 1. The van der Waals surface area contributed by atoms with Crippen LogP contribution in [0.3, 0.4) is 0 Å². The van der Waals surface area contributed by atoms with Gasteiger partial charge in [0.05, 0.1) is 5.92 Å². The number of carbonyl (C=O) groups is 2. The van der Waals surface area contributed by atoms with Crippen LogP contribution in [0.4, 0.5) is 0 Å². The minimum atomic E-state index is -0.697. The number of carboxylic acids is 1. The monoisotopic (exact) mass is 255 g/mol. The van der Waals surface area contributed by atoms with Gasteiger partial charge in [0, 0.05) is 19.5 Å². The maximum absolute atomic E-state index is 12.1. The molecule has 1 fully saturated rings. The van der Waals surface area contributed by atoms with Crippen molar-refractivity contribution in [2.75, 3.05) is 7.05 Å². The standard InChI is InChI=1S/C14H25NO3/c1-14(2,3)9-12(16)15(4)11-7-5-10(6-8-11)13(17)18/h10-11H,5-9H2,1-4H3,(H,17,18). The van der Waals surface area contributed by atoms with Crippen molar-refractivity contribution in [2.45, 2.75) is 58.9 Å². The number of amides is 1. The van der Waals surface area contributed by atoms with E-state index in [4.69, 9.17) is 5.11 Å². The van der Waals surface area contributed by atoms with E-state index in [9.17, 15) is 9.59 Å². The van der Waals surface area contributed by atoms with Gasteiger partial charge >= 0.3 is 5.97 Å². The van der Waals surface area contributed by atoms with E-state index in [1.807, 2.05) is 11.9 Å². The molecule has 18 heavy (non-hydrogen) atoms. The van der Waals surface area contributed by atoms with Gasteiger partial charge in [-0.1, -0.05) is 20.8 Å². The summed E-state index contributed by atoms with van der Waals surface area (Å²) in [6, 6.07) is 0.218. The van der Waals surface area contributed by atoms with Crippen LogP contribution in [0.5, 0.6) is 0 Å². The molecule has 1 amide bonds. The molecular weight excluding hydrogens is 230 g/mol. The van der Waals surface area contributed by atoms with Crippen molar-refractivity contribution >= 4 is 11.9 Å². The Hall–Kier alpha value is -1.06. The molecule has 1 N–H and O–H groups in total. The van der Waals surface area contributed by atoms with Gasteiger partial charge in [0.2, 0.25) is 5.91 Å². The molecule has 4 heteroatoms. The van der Waals surface area contributed by atoms with Crippen molar-refractivity contribution in [2.24, 2.45) is 11.3 Å². The normalized spacial score (nSPS) is 24.7. The second kappa shape index (κ2) is 5.72. The van der Waals surface area contributed by atoms with E-state index in [0.29, 0.717) is 19.3 Å². The van der Waals surface area contributed by atoms with Crippen LogP contribution in [-0.4, -0.2) is 35.0 Å². The summed E-state index contributed by atoms with van der Waals surface area (Å²) in [5, 5.41) is 8.94. The van der Waals surface area contributed by atoms with Crippen molar-refractivity contribution in [3.05, 3.63) is 0 Å². The van der Waals surface area contributed by atoms with Gasteiger partial charge in [0.15, 0.2) is 0 Å². The molecule has 0 radical (unpaired) electrons. The minimum absolute atomic E-state index is 0.00358. The fraction of sp³-hybridized carbons (Fsp3) is 0.857. The lowest BCUT2D eigenvalue weighted by Crippen LogP contribution is -2.41. The van der Waals surface area contributed by atoms with Crippen LogP contribution in [-0.2, 0) is 9.59 Å². The van der Waals surface area contributed by atoms with Gasteiger partial charge in [-0.2, -0.15) is 0 Å². The second-order valence-corrected chi connectivity index (χ2v) is 6.59. The summed E-state index contributed by atoms with van der Waals surface area (Å²) in [5.41, 5.74) is 0.00358. The molecule has 0 aromatic heterocycles. The van der Waals surface area contributed by atoms with E-state index < -0.39 is 5.97 Å². The lowest BCUT2D eigenvalue weighted by Gasteiger charge is -2.34. The second-order valence-electron chi connectivity index (χ2n) is 6.59. The van der Waals surface area contributed by atoms with Crippen LogP contribution in [0.2, 0.25) is 0 Å². The van der Waals surface area contributed by atoms with Gasteiger partial charge in [-0.25, -0.2) is 0 Å². The van der Waals surface area contributed by atoms with Crippen molar-refractivity contribution < 1.29 is 14.7 Å². The van der Waals surface area contributed by atoms with Crippen molar-refractivity contribution in [3.8, 4) is 0 Å². The first-order valence-electron chi connectivity index (χ1n) is 6.69. The Labute approximate surface area is 109 Å². The Kier molecular flexibility index (Phi) is 4.77. The molecule has 0 bridgehead atoms. The third kappa shape index (κ3) is 4.31. The first kappa shape index (κ1) is 15.0. The molecule has 1 aliphatic rings. The Morgan fingerprint density at radius 2 is 1.67 bits per heavy atom. The number of hydrogen-bond acceptors (Lipinski definition) is 2. The number of rotatable bonds is 3. The van der Waals surface area contributed by atoms with Gasteiger partial charge in [-0.05, 0) is 31.1 Å². The molecule has 1 saturated carbocycles. The molecule has 0 aromatic carbocycles. The molecule has 0 unspecified atom stereocenters. The van der Waals surface area contributed by atoms with Crippen LogP contribution in [0.15, 0.2) is 0 Å². The number of carboxylic acid groups (broad SMARTS) is 1. The quantitative estimate of drug-likeness (QED) is 0.843. The van der Waals surface area contributed by atoms with Crippen molar-refractivity contribution in [1.29, 1.82) is 0 Å². The van der Waals surface area contributed by atoms with E-state index in [-0.39, 0.29) is 23.3 Å². The first-order chi connectivity index (χ1) is 8.20. The average Bonchev–Trinajstić information content (AvgIpc) is 2.26. The maximum atomic E-state index is 12.1. The molecule has 0 aliphatic heterocycles. The zero-order valence-electron chi connectivity index (χ0n) is 11.9. The summed E-state index contributed by atoms with van der Waals surface area (Å²) in [5.74, 6) is -0.745. The predicted octanol–water partition coefficient (Wildman–Crippen LogP) is 2.52. The summed E-state index contributed by atoms with van der Waals surface area (Å²) in [7, 11) is 1.85. The first-order valence-corrected chi connectivity index (χ1v) is 6.69. The minimum Gasteiger partial charge on any atom is -0.481 e. The maximum Gasteiger partial charge on any atom is 0.306 e. The highest BCUT2D eigenvalue weighted by Gasteiger charge is 2.30. The summed E-state index contributed by atoms with van der Waals surface area (Å²) < 4.78 is 0. The number of nitrogens with zero attached hydrogens (tertiary/aromatic N) is 1. The molecule has 104 valence electrons. The average molecular weight is 255 g/mol. The lowest BCUT2D eigenvalue weighted by atomic mass is 9.85. The number of aliphatic carboxylic acids is 1. The van der Waals surface area contributed by atoms with Crippen molar-refractivity contribution in [3.63, 3.8) is 0 Å². The summed E-state index contributed by atoms with van der Waals surface area (Å²) in [4.78, 5) is 24.8. The van der Waals surface area contributed by atoms with Gasteiger partial charge in [0.25, 0.3) is 0 Å². The SMILES string of the molecule is CN(C(=O)CC(C)(C)C)C1CCC(C(=O)O)CC1. The molecule has 0 atom stereocenters. The zero-order valence-corrected chi connectivity index (χ0v) is 11.9. The molecule has 0 heterocycles. The highest BCUT2D eigenvalue weighted by Crippen LogP contribution is 2.28. The highest BCUT2D eigenvalue weighted by molar-refractivity contribution is 5.77. The van der Waals surface area contributed by atoms with Crippen LogP contribution >= 0.6 is 0 Å². The van der Waals surface area contributed by atoms with Gasteiger partial charge in [0.1, 0.15) is 0 Å². The van der Waals surface area contributed by atoms with Crippen LogP contribution in [0.25, 0.3) is 0 Å². The van der Waals surface area contributed by atoms with E-state index in [2.05, 4.69) is 20.8 Å². The molecular formula is C14H25NO3. The van der Waals surface area contributed by atoms with Gasteiger partial charge < -0.3 is 10.0 Å². The fourth-order valence-corrected chi connectivity index (χ4v) is 2.49. The molecule has 0 saturated heterocycles. The third-order valence-electron chi connectivity index (χ3n) is 3.67. The van der Waals surface area contributed by atoms with Crippen LogP contribution < -0.4 is 0 Å². The summed E-state index contributed by atoms with van der Waals surface area (Å²) in [6.45, 7) is 6.17. The van der Waals surface area contributed by atoms with E-state index >= 15 is 0 Å². The third-order valence-corrected chi connectivity index (χ3v) is 3.67. The van der Waals surface area contributed by atoms with Gasteiger partial charge in [-0.3, -0.25) is 9.59 Å². The largest absolute Gasteiger partial charge is 0.481 e. The highest BCUT2D eigenvalue weighted by atomic mass is 16.4. The van der Waals surface area contributed by atoms with E-state index in [1.165, 1.54) is 0 Å². The van der Waals surface area contributed by atoms with Gasteiger partial charge in [-0.15, -0.1) is 0 Å². The summed E-state index contributed by atoms with van der Waals surface area (Å²) in [6.07, 6.45) is 3.54. The lowest BCUT2D eigenvalue weighted by molar-refractivity contribution is -0.143. The molecule has 1 rings (SSSR count). The Bertz CT molecular complexity index is 311. The van der Waals surface area contributed by atoms with Crippen molar-refractivity contribution in [1.82, 2.24) is 4.90 Å². The summed E-state index contributed by atoms with van der Waals surface area (Å²) >= 11 is 0. The van der Waals surface area contributed by atoms with E-state index in [1.54, 1.807) is 0 Å². The molecule has 4 nitrogen and oxygen atoms in total. The van der Waals surface area contributed by atoms with E-state index in [0.717, 1.165) is 12.8 Å². The van der Waals surface area contributed by atoms with Crippen LogP contribution in [0, 0.1) is 11.3 Å².